The molecule has 3 unspecified atom stereocenters. The van der Waals surface area contributed by atoms with Crippen LogP contribution in [0.1, 0.15) is 132 Å². The van der Waals surface area contributed by atoms with Gasteiger partial charge in [0, 0.05) is 52.8 Å². The minimum atomic E-state index is -0.0164. The smallest absolute Gasteiger partial charge is 0.0534 e. The van der Waals surface area contributed by atoms with Crippen LogP contribution in [0, 0.1) is 28.6 Å². The lowest BCUT2D eigenvalue weighted by Crippen LogP contribution is -2.45. The molecular formula is C45H60N2. The van der Waals surface area contributed by atoms with E-state index in [9.17, 15) is 0 Å². The van der Waals surface area contributed by atoms with E-state index in [-0.39, 0.29) is 21.9 Å². The van der Waals surface area contributed by atoms with Gasteiger partial charge in [0.25, 0.3) is 0 Å². The van der Waals surface area contributed by atoms with Crippen molar-refractivity contribution in [1.82, 2.24) is 0 Å². The average Bonchev–Trinajstić information content (AvgIpc) is 3.61. The summed E-state index contributed by atoms with van der Waals surface area (Å²) in [6, 6.07) is 10.5. The summed E-state index contributed by atoms with van der Waals surface area (Å²) >= 11 is 0. The molecule has 2 heteroatoms. The Morgan fingerprint density at radius 1 is 0.766 bits per heavy atom. The molecule has 5 aliphatic rings. The van der Waals surface area contributed by atoms with Gasteiger partial charge in [-0.2, -0.15) is 0 Å². The van der Waals surface area contributed by atoms with Gasteiger partial charge in [-0.1, -0.05) is 71.4 Å². The van der Waals surface area contributed by atoms with Crippen molar-refractivity contribution in [2.24, 2.45) is 28.6 Å². The number of nitrogens with zero attached hydrogens (tertiary/aromatic N) is 2. The van der Waals surface area contributed by atoms with Crippen LogP contribution in [0.25, 0.3) is 22.3 Å². The Bertz CT molecular complexity index is 1700. The molecule has 0 amide bonds. The molecule has 0 aromatic heterocycles. The number of fused-ring (bicyclic) bond motifs is 6. The van der Waals surface area contributed by atoms with E-state index in [0.717, 1.165) is 13.1 Å². The third kappa shape index (κ3) is 4.41. The predicted octanol–water partition coefficient (Wildman–Crippen LogP) is 12.1. The molecule has 0 N–H and O–H groups in total. The maximum absolute atomic E-state index is 2.67. The lowest BCUT2D eigenvalue weighted by Gasteiger charge is -2.46. The van der Waals surface area contributed by atoms with Crippen molar-refractivity contribution in [2.45, 2.75) is 120 Å². The van der Waals surface area contributed by atoms with Crippen molar-refractivity contribution in [1.29, 1.82) is 0 Å². The summed E-state index contributed by atoms with van der Waals surface area (Å²) in [6.07, 6.45) is 11.5. The van der Waals surface area contributed by atoms with Gasteiger partial charge in [0.15, 0.2) is 0 Å². The Labute approximate surface area is 286 Å². The monoisotopic (exact) mass is 628 g/mol. The highest BCUT2D eigenvalue weighted by molar-refractivity contribution is 5.94. The molecule has 0 bridgehead atoms. The van der Waals surface area contributed by atoms with E-state index < -0.39 is 0 Å². The van der Waals surface area contributed by atoms with Crippen LogP contribution in [0.4, 0.5) is 11.4 Å². The molecule has 250 valence electrons. The molecule has 1 fully saturated rings. The third-order valence-corrected chi connectivity index (χ3v) is 13.1. The van der Waals surface area contributed by atoms with E-state index in [4.69, 9.17) is 0 Å². The first-order valence-corrected chi connectivity index (χ1v) is 18.6. The van der Waals surface area contributed by atoms with Crippen molar-refractivity contribution in [3.8, 4) is 11.1 Å². The molecule has 47 heavy (non-hydrogen) atoms. The van der Waals surface area contributed by atoms with Gasteiger partial charge < -0.3 is 9.80 Å². The molecule has 1 saturated carbocycles. The molecule has 2 aromatic rings. The van der Waals surface area contributed by atoms with E-state index in [1.54, 1.807) is 16.7 Å². The summed E-state index contributed by atoms with van der Waals surface area (Å²) in [5.41, 5.74) is 17.9. The van der Waals surface area contributed by atoms with Crippen LogP contribution in [0.15, 0.2) is 59.7 Å². The predicted molar refractivity (Wildman–Crippen MR) is 205 cm³/mol. The van der Waals surface area contributed by atoms with Gasteiger partial charge >= 0.3 is 0 Å². The molecule has 3 aliphatic carbocycles. The molecule has 2 aromatic carbocycles. The topological polar surface area (TPSA) is 6.48 Å². The van der Waals surface area contributed by atoms with Crippen molar-refractivity contribution in [3.05, 3.63) is 82.0 Å². The molecule has 0 radical (unpaired) electrons. The molecule has 7 rings (SSSR count). The number of benzene rings is 2. The summed E-state index contributed by atoms with van der Waals surface area (Å²) in [4.78, 5) is 5.29. The zero-order valence-corrected chi connectivity index (χ0v) is 31.9. The normalized spacial score (nSPS) is 27.1. The first kappa shape index (κ1) is 32.5. The molecule has 3 atom stereocenters. The summed E-state index contributed by atoms with van der Waals surface area (Å²) in [6.45, 7) is 35.6. The van der Waals surface area contributed by atoms with E-state index in [0.29, 0.717) is 23.7 Å². The Hall–Kier alpha value is -3.00. The SMILES string of the molecule is CCN1c2cc3c(cc2C(C)=CC1(C)C)-c1cc2c(cc1C3C1(C(C)C)CC(C)C3C=C(C(C)(C)C)C=C31)N(CC)C(C)(C)C=C2C. The van der Waals surface area contributed by atoms with Crippen LogP contribution < -0.4 is 9.80 Å². The van der Waals surface area contributed by atoms with Crippen LogP contribution in [0.2, 0.25) is 0 Å². The highest BCUT2D eigenvalue weighted by atomic mass is 15.2. The number of allylic oxidation sites excluding steroid dienone is 6. The summed E-state index contributed by atoms with van der Waals surface area (Å²) in [5.74, 6) is 1.97. The minimum Gasteiger partial charge on any atom is -0.363 e. The van der Waals surface area contributed by atoms with E-state index in [2.05, 4.69) is 155 Å². The van der Waals surface area contributed by atoms with Crippen LogP contribution in [0.3, 0.4) is 0 Å². The van der Waals surface area contributed by atoms with Crippen molar-refractivity contribution >= 4 is 22.5 Å². The van der Waals surface area contributed by atoms with E-state index in [1.165, 1.54) is 56.8 Å². The number of rotatable bonds is 4. The lowest BCUT2D eigenvalue weighted by molar-refractivity contribution is 0.209. The highest BCUT2D eigenvalue weighted by Gasteiger charge is 2.58. The minimum absolute atomic E-state index is 0.0164. The second-order valence-electron chi connectivity index (χ2n) is 18.2. The Morgan fingerprint density at radius 3 is 1.64 bits per heavy atom. The van der Waals surface area contributed by atoms with E-state index >= 15 is 0 Å². The van der Waals surface area contributed by atoms with Crippen molar-refractivity contribution < 1.29 is 0 Å². The average molecular weight is 629 g/mol. The first-order chi connectivity index (χ1) is 21.9. The van der Waals surface area contributed by atoms with Crippen LogP contribution in [-0.2, 0) is 0 Å². The summed E-state index contributed by atoms with van der Waals surface area (Å²) < 4.78 is 0. The van der Waals surface area contributed by atoms with Crippen LogP contribution >= 0.6 is 0 Å². The summed E-state index contributed by atoms with van der Waals surface area (Å²) in [5, 5.41) is 0. The molecule has 0 saturated heterocycles. The first-order valence-electron chi connectivity index (χ1n) is 18.6. The van der Waals surface area contributed by atoms with Crippen molar-refractivity contribution in [3.63, 3.8) is 0 Å². The van der Waals surface area contributed by atoms with Gasteiger partial charge in [0.1, 0.15) is 0 Å². The number of anilines is 2. The lowest BCUT2D eigenvalue weighted by atomic mass is 9.60. The molecular weight excluding hydrogens is 569 g/mol. The van der Waals surface area contributed by atoms with Crippen LogP contribution in [0.5, 0.6) is 0 Å². The van der Waals surface area contributed by atoms with Crippen LogP contribution in [-0.4, -0.2) is 24.2 Å². The number of likely N-dealkylation sites (N-methyl/N-ethyl adjacent to an activating group) is 2. The van der Waals surface area contributed by atoms with Gasteiger partial charge in [-0.3, -0.25) is 0 Å². The van der Waals surface area contributed by atoms with Gasteiger partial charge in [0.05, 0.1) is 11.1 Å². The van der Waals surface area contributed by atoms with Gasteiger partial charge in [-0.05, 0) is 142 Å². The molecule has 2 heterocycles. The standard InChI is InChI=1S/C45H60N2/c1-15-46-39-21-36-34(19-32(39)27(5)23-43(46,11)12)35-20-33-28(6)24-44(13,14)47(16-2)40(33)22-37(35)41(36)45(26(3)4)25-29(7)31-17-30(18-38(31)45)42(8,9)10/h17-24,26,29,31,41H,15-16,25H2,1-14H3. The second-order valence-corrected chi connectivity index (χ2v) is 18.2. The largest absolute Gasteiger partial charge is 0.363 e. The Kier molecular flexibility index (Phi) is 7.10. The van der Waals surface area contributed by atoms with E-state index in [1.807, 2.05) is 0 Å². The maximum atomic E-state index is 2.67. The van der Waals surface area contributed by atoms with Gasteiger partial charge in [-0.25, -0.2) is 0 Å². The Balaban J connectivity index is 1.56. The van der Waals surface area contributed by atoms with Gasteiger partial charge in [0.2, 0.25) is 0 Å². The Morgan fingerprint density at radius 2 is 1.23 bits per heavy atom. The fourth-order valence-electron chi connectivity index (χ4n) is 11.0. The zero-order valence-electron chi connectivity index (χ0n) is 31.9. The third-order valence-electron chi connectivity index (χ3n) is 13.1. The molecule has 0 spiro atoms. The second kappa shape index (κ2) is 10.3. The quantitative estimate of drug-likeness (QED) is 0.332. The molecule has 2 nitrogen and oxygen atoms in total. The summed E-state index contributed by atoms with van der Waals surface area (Å²) in [7, 11) is 0. The fourth-order valence-corrected chi connectivity index (χ4v) is 11.0. The number of hydrogen-bond acceptors (Lipinski definition) is 2. The van der Waals surface area contributed by atoms with Crippen molar-refractivity contribution in [2.75, 3.05) is 22.9 Å². The number of hydrogen-bond donors (Lipinski definition) is 0. The maximum Gasteiger partial charge on any atom is 0.0534 e. The zero-order chi connectivity index (χ0) is 34.2. The van der Waals surface area contributed by atoms with Gasteiger partial charge in [-0.15, -0.1) is 0 Å². The molecule has 2 aliphatic heterocycles. The highest BCUT2D eigenvalue weighted by Crippen LogP contribution is 2.69. The fraction of sp³-hybridized carbons (Fsp3) is 0.556.